The van der Waals surface area contributed by atoms with Crippen molar-refractivity contribution in [3.63, 3.8) is 0 Å². The standard InChI is InChI=1S/C8H12N2O2/c1-4-6(3-7(11)12)8(9)5(2)10-4/h10H,3,9H2,1-2H3,(H,11,12). The van der Waals surface area contributed by atoms with Crippen molar-refractivity contribution < 1.29 is 9.90 Å². The summed E-state index contributed by atoms with van der Waals surface area (Å²) in [6, 6.07) is 0. The normalized spacial score (nSPS) is 10.2. The molecule has 0 aliphatic carbocycles. The van der Waals surface area contributed by atoms with Crippen LogP contribution < -0.4 is 5.73 Å². The van der Waals surface area contributed by atoms with Gasteiger partial charge in [0.05, 0.1) is 12.1 Å². The number of nitrogen functional groups attached to an aromatic ring is 1. The van der Waals surface area contributed by atoms with E-state index in [1.807, 2.05) is 13.8 Å². The molecule has 0 saturated carbocycles. The molecule has 0 amide bonds. The van der Waals surface area contributed by atoms with E-state index in [9.17, 15) is 4.79 Å². The molecule has 4 nitrogen and oxygen atoms in total. The molecule has 0 fully saturated rings. The number of aromatic nitrogens is 1. The molecule has 0 spiro atoms. The summed E-state index contributed by atoms with van der Waals surface area (Å²) >= 11 is 0. The van der Waals surface area contributed by atoms with Crippen molar-refractivity contribution in [2.45, 2.75) is 20.3 Å². The van der Waals surface area contributed by atoms with Crippen LogP contribution in [0.5, 0.6) is 0 Å². The molecule has 4 N–H and O–H groups in total. The summed E-state index contributed by atoms with van der Waals surface area (Å²) in [6.45, 7) is 3.65. The Morgan fingerprint density at radius 2 is 2.08 bits per heavy atom. The average molecular weight is 168 g/mol. The Balaban J connectivity index is 3.05. The molecule has 0 atom stereocenters. The van der Waals surface area contributed by atoms with Gasteiger partial charge in [-0.25, -0.2) is 0 Å². The van der Waals surface area contributed by atoms with Gasteiger partial charge in [-0.1, -0.05) is 0 Å². The lowest BCUT2D eigenvalue weighted by Gasteiger charge is -1.96. The fraction of sp³-hybridized carbons (Fsp3) is 0.375. The first kappa shape index (κ1) is 8.64. The number of aryl methyl sites for hydroxylation is 2. The average Bonchev–Trinajstić information content (AvgIpc) is 2.16. The molecular formula is C8H12N2O2. The van der Waals surface area contributed by atoms with Gasteiger partial charge in [-0.2, -0.15) is 0 Å². The molecule has 1 heterocycles. The molecule has 0 aromatic carbocycles. The van der Waals surface area contributed by atoms with Crippen molar-refractivity contribution in [2.24, 2.45) is 0 Å². The minimum Gasteiger partial charge on any atom is -0.481 e. The van der Waals surface area contributed by atoms with E-state index in [-0.39, 0.29) is 6.42 Å². The number of nitrogens with two attached hydrogens (primary N) is 1. The Labute approximate surface area is 70.4 Å². The van der Waals surface area contributed by atoms with Gasteiger partial charge in [0.1, 0.15) is 0 Å². The first-order valence-electron chi connectivity index (χ1n) is 3.67. The van der Waals surface area contributed by atoms with Crippen LogP contribution in [0.25, 0.3) is 0 Å². The highest BCUT2D eigenvalue weighted by atomic mass is 16.4. The quantitative estimate of drug-likeness (QED) is 0.612. The van der Waals surface area contributed by atoms with Gasteiger partial charge in [0.2, 0.25) is 0 Å². The number of aliphatic carboxylic acids is 1. The maximum Gasteiger partial charge on any atom is 0.307 e. The number of nitrogens with one attached hydrogen (secondary N) is 1. The highest BCUT2D eigenvalue weighted by molar-refractivity contribution is 5.74. The maximum absolute atomic E-state index is 10.4. The number of anilines is 1. The van der Waals surface area contributed by atoms with Crippen LogP contribution in [0, 0.1) is 13.8 Å². The van der Waals surface area contributed by atoms with Gasteiger partial charge in [-0.15, -0.1) is 0 Å². The molecule has 66 valence electrons. The SMILES string of the molecule is Cc1[nH]c(C)c(CC(=O)O)c1N. The second-order valence-electron chi connectivity index (χ2n) is 2.84. The predicted octanol–water partition coefficient (Wildman–Crippen LogP) is 0.841. The maximum atomic E-state index is 10.4. The molecule has 1 rings (SSSR count). The third kappa shape index (κ3) is 1.42. The van der Waals surface area contributed by atoms with E-state index in [0.717, 1.165) is 11.4 Å². The van der Waals surface area contributed by atoms with Crippen molar-refractivity contribution in [3.8, 4) is 0 Å². The van der Waals surface area contributed by atoms with Crippen molar-refractivity contribution in [2.75, 3.05) is 5.73 Å². The van der Waals surface area contributed by atoms with E-state index in [1.165, 1.54) is 0 Å². The van der Waals surface area contributed by atoms with E-state index in [0.29, 0.717) is 11.3 Å². The molecule has 4 heteroatoms. The topological polar surface area (TPSA) is 79.1 Å². The Kier molecular flexibility index (Phi) is 2.08. The lowest BCUT2D eigenvalue weighted by molar-refractivity contribution is -0.136. The van der Waals surface area contributed by atoms with Gasteiger partial charge in [0.15, 0.2) is 0 Å². The van der Waals surface area contributed by atoms with Gasteiger partial charge in [0, 0.05) is 17.0 Å². The van der Waals surface area contributed by atoms with Crippen molar-refractivity contribution in [1.82, 2.24) is 4.98 Å². The van der Waals surface area contributed by atoms with Crippen LogP contribution in [-0.4, -0.2) is 16.1 Å². The molecule has 1 aromatic rings. The molecule has 1 aromatic heterocycles. The third-order valence-electron chi connectivity index (χ3n) is 1.88. The van der Waals surface area contributed by atoms with Crippen LogP contribution in [0.4, 0.5) is 5.69 Å². The Hall–Kier alpha value is -1.45. The van der Waals surface area contributed by atoms with Gasteiger partial charge in [-0.05, 0) is 13.8 Å². The number of carboxylic acid groups (broad SMARTS) is 1. The highest BCUT2D eigenvalue weighted by Crippen LogP contribution is 2.20. The van der Waals surface area contributed by atoms with E-state index < -0.39 is 5.97 Å². The summed E-state index contributed by atoms with van der Waals surface area (Å²) in [6.07, 6.45) is -0.0119. The highest BCUT2D eigenvalue weighted by Gasteiger charge is 2.11. The Morgan fingerprint density at radius 1 is 1.50 bits per heavy atom. The number of carboxylic acids is 1. The van der Waals surface area contributed by atoms with E-state index in [4.69, 9.17) is 10.8 Å². The Morgan fingerprint density at radius 3 is 2.42 bits per heavy atom. The number of hydrogen-bond acceptors (Lipinski definition) is 2. The summed E-state index contributed by atoms with van der Waals surface area (Å²) in [5.74, 6) is -0.858. The van der Waals surface area contributed by atoms with E-state index >= 15 is 0 Å². The fourth-order valence-corrected chi connectivity index (χ4v) is 1.23. The molecule has 0 saturated heterocycles. The largest absolute Gasteiger partial charge is 0.481 e. The Bertz CT molecular complexity index is 315. The van der Waals surface area contributed by atoms with Gasteiger partial charge in [-0.3, -0.25) is 4.79 Å². The predicted molar refractivity (Wildman–Crippen MR) is 46.0 cm³/mol. The second kappa shape index (κ2) is 2.89. The van der Waals surface area contributed by atoms with E-state index in [2.05, 4.69) is 4.98 Å². The molecular weight excluding hydrogens is 156 g/mol. The van der Waals surface area contributed by atoms with E-state index in [1.54, 1.807) is 0 Å². The van der Waals surface area contributed by atoms with Crippen LogP contribution in [0.15, 0.2) is 0 Å². The van der Waals surface area contributed by atoms with Crippen LogP contribution in [-0.2, 0) is 11.2 Å². The smallest absolute Gasteiger partial charge is 0.307 e. The summed E-state index contributed by atoms with van der Waals surface area (Å²) in [7, 11) is 0. The second-order valence-corrected chi connectivity index (χ2v) is 2.84. The third-order valence-corrected chi connectivity index (χ3v) is 1.88. The number of H-pyrrole nitrogens is 1. The van der Waals surface area contributed by atoms with Crippen LogP contribution in [0.2, 0.25) is 0 Å². The first-order valence-corrected chi connectivity index (χ1v) is 3.67. The summed E-state index contributed by atoms with van der Waals surface area (Å²) in [5, 5.41) is 8.56. The van der Waals surface area contributed by atoms with Gasteiger partial charge >= 0.3 is 5.97 Å². The first-order chi connectivity index (χ1) is 5.52. The van der Waals surface area contributed by atoms with Crippen molar-refractivity contribution in [1.29, 1.82) is 0 Å². The molecule has 0 aliphatic heterocycles. The van der Waals surface area contributed by atoms with Crippen molar-refractivity contribution >= 4 is 11.7 Å². The lowest BCUT2D eigenvalue weighted by atomic mass is 10.1. The van der Waals surface area contributed by atoms with Crippen LogP contribution in [0.1, 0.15) is 17.0 Å². The fourth-order valence-electron chi connectivity index (χ4n) is 1.23. The minimum atomic E-state index is -0.858. The number of aromatic amines is 1. The number of rotatable bonds is 2. The zero-order chi connectivity index (χ0) is 9.30. The number of hydrogen-bond donors (Lipinski definition) is 3. The van der Waals surface area contributed by atoms with Crippen molar-refractivity contribution in [3.05, 3.63) is 17.0 Å². The molecule has 12 heavy (non-hydrogen) atoms. The summed E-state index contributed by atoms with van der Waals surface area (Å²) in [4.78, 5) is 13.4. The van der Waals surface area contributed by atoms with Crippen LogP contribution >= 0.6 is 0 Å². The van der Waals surface area contributed by atoms with Crippen LogP contribution in [0.3, 0.4) is 0 Å². The number of carbonyl (C=O) groups is 1. The molecule has 0 bridgehead atoms. The summed E-state index contributed by atoms with van der Waals surface area (Å²) < 4.78 is 0. The lowest BCUT2D eigenvalue weighted by Crippen LogP contribution is -2.03. The monoisotopic (exact) mass is 168 g/mol. The molecule has 0 aliphatic rings. The minimum absolute atomic E-state index is 0.0119. The summed E-state index contributed by atoms with van der Waals surface area (Å²) in [5.41, 5.74) is 8.59. The molecule has 0 unspecified atom stereocenters. The van der Waals surface area contributed by atoms with Gasteiger partial charge < -0.3 is 15.8 Å². The zero-order valence-electron chi connectivity index (χ0n) is 7.14. The molecule has 0 radical (unpaired) electrons. The zero-order valence-corrected chi connectivity index (χ0v) is 7.14. The van der Waals surface area contributed by atoms with Gasteiger partial charge in [0.25, 0.3) is 0 Å².